The number of aromatic nitrogens is 3. The quantitative estimate of drug-likeness (QED) is 0.686. The fourth-order valence-electron chi connectivity index (χ4n) is 1.30. The summed E-state index contributed by atoms with van der Waals surface area (Å²) in [6.07, 6.45) is 4.30. The summed E-state index contributed by atoms with van der Waals surface area (Å²) in [4.78, 5) is 0. The second kappa shape index (κ2) is 5.22. The molecule has 0 amide bonds. The van der Waals surface area contributed by atoms with Crippen LogP contribution >= 0.6 is 11.6 Å². The van der Waals surface area contributed by atoms with Gasteiger partial charge in [0.1, 0.15) is 0 Å². The fraction of sp³-hybridized carbons (Fsp3) is 0.778. The SMILES string of the molecule is CCC(CC)Cn1cc(CCl)nn1. The van der Waals surface area contributed by atoms with Crippen LogP contribution < -0.4 is 0 Å². The lowest BCUT2D eigenvalue weighted by Gasteiger charge is -2.10. The Bertz CT molecular complexity index is 243. The topological polar surface area (TPSA) is 30.7 Å². The molecule has 1 aromatic heterocycles. The van der Waals surface area contributed by atoms with Crippen LogP contribution in [-0.2, 0) is 12.4 Å². The molecule has 0 aliphatic carbocycles. The summed E-state index contributed by atoms with van der Waals surface area (Å²) < 4.78 is 1.88. The van der Waals surface area contributed by atoms with Gasteiger partial charge in [-0.2, -0.15) is 0 Å². The smallest absolute Gasteiger partial charge is 0.0974 e. The van der Waals surface area contributed by atoms with Gasteiger partial charge in [-0.25, -0.2) is 0 Å². The van der Waals surface area contributed by atoms with Gasteiger partial charge in [0.05, 0.1) is 11.6 Å². The molecule has 0 N–H and O–H groups in total. The van der Waals surface area contributed by atoms with E-state index in [2.05, 4.69) is 24.2 Å². The predicted octanol–water partition coefficient (Wildman–Crippen LogP) is 2.45. The maximum atomic E-state index is 5.63. The third kappa shape index (κ3) is 2.99. The molecular weight excluding hydrogens is 186 g/mol. The van der Waals surface area contributed by atoms with Crippen LogP contribution in [0.1, 0.15) is 32.4 Å². The molecule has 0 aliphatic rings. The summed E-state index contributed by atoms with van der Waals surface area (Å²) in [6, 6.07) is 0. The van der Waals surface area contributed by atoms with E-state index in [-0.39, 0.29) is 0 Å². The highest BCUT2D eigenvalue weighted by Crippen LogP contribution is 2.10. The number of hydrogen-bond acceptors (Lipinski definition) is 2. The molecule has 1 heterocycles. The van der Waals surface area contributed by atoms with Gasteiger partial charge in [0.2, 0.25) is 0 Å². The van der Waals surface area contributed by atoms with Crippen LogP contribution in [0.3, 0.4) is 0 Å². The largest absolute Gasteiger partial charge is 0.252 e. The Balaban J connectivity index is 2.52. The van der Waals surface area contributed by atoms with E-state index in [1.165, 1.54) is 12.8 Å². The van der Waals surface area contributed by atoms with Gasteiger partial charge in [0.15, 0.2) is 0 Å². The van der Waals surface area contributed by atoms with Gasteiger partial charge < -0.3 is 0 Å². The van der Waals surface area contributed by atoms with Crippen LogP contribution in [0.25, 0.3) is 0 Å². The lowest BCUT2D eigenvalue weighted by Crippen LogP contribution is -2.09. The maximum absolute atomic E-state index is 5.63. The Morgan fingerprint density at radius 3 is 2.62 bits per heavy atom. The van der Waals surface area contributed by atoms with E-state index in [1.54, 1.807) is 0 Å². The van der Waals surface area contributed by atoms with Gasteiger partial charge >= 0.3 is 0 Å². The normalized spacial score (nSPS) is 11.1. The number of nitrogens with zero attached hydrogens (tertiary/aromatic N) is 3. The van der Waals surface area contributed by atoms with Crippen molar-refractivity contribution in [3.05, 3.63) is 11.9 Å². The molecular formula is C9H16ClN3. The first-order chi connectivity index (χ1) is 6.30. The van der Waals surface area contributed by atoms with Crippen molar-refractivity contribution in [2.24, 2.45) is 5.92 Å². The Kier molecular flexibility index (Phi) is 4.22. The minimum atomic E-state index is 0.447. The van der Waals surface area contributed by atoms with E-state index < -0.39 is 0 Å². The van der Waals surface area contributed by atoms with Crippen molar-refractivity contribution in [1.29, 1.82) is 0 Å². The van der Waals surface area contributed by atoms with Gasteiger partial charge in [-0.1, -0.05) is 31.9 Å². The zero-order chi connectivity index (χ0) is 9.68. The van der Waals surface area contributed by atoms with Crippen LogP contribution in [0, 0.1) is 5.92 Å². The molecule has 74 valence electrons. The Morgan fingerprint density at radius 1 is 1.46 bits per heavy atom. The standard InChI is InChI=1S/C9H16ClN3/c1-3-8(4-2)6-13-7-9(5-10)11-12-13/h7-8H,3-6H2,1-2H3. The first-order valence-corrected chi connectivity index (χ1v) is 5.28. The van der Waals surface area contributed by atoms with Gasteiger partial charge in [0.25, 0.3) is 0 Å². The average Bonchev–Trinajstić information content (AvgIpc) is 2.61. The second-order valence-electron chi connectivity index (χ2n) is 3.25. The zero-order valence-corrected chi connectivity index (χ0v) is 8.96. The van der Waals surface area contributed by atoms with E-state index in [1.807, 2.05) is 10.9 Å². The van der Waals surface area contributed by atoms with Crippen LogP contribution in [-0.4, -0.2) is 15.0 Å². The summed E-state index contributed by atoms with van der Waals surface area (Å²) in [5, 5.41) is 7.94. The predicted molar refractivity (Wildman–Crippen MR) is 53.7 cm³/mol. The van der Waals surface area contributed by atoms with Crippen molar-refractivity contribution in [2.75, 3.05) is 0 Å². The summed E-state index contributed by atoms with van der Waals surface area (Å²) in [6.45, 7) is 5.36. The molecule has 0 fully saturated rings. The highest BCUT2D eigenvalue weighted by Gasteiger charge is 2.06. The first kappa shape index (κ1) is 10.5. The van der Waals surface area contributed by atoms with Gasteiger partial charge in [-0.15, -0.1) is 16.7 Å². The van der Waals surface area contributed by atoms with Crippen molar-refractivity contribution in [3.8, 4) is 0 Å². The van der Waals surface area contributed by atoms with Crippen LogP contribution in [0.4, 0.5) is 0 Å². The van der Waals surface area contributed by atoms with E-state index in [0.29, 0.717) is 11.8 Å². The minimum Gasteiger partial charge on any atom is -0.252 e. The molecule has 0 unspecified atom stereocenters. The van der Waals surface area contributed by atoms with Crippen LogP contribution in [0.2, 0.25) is 0 Å². The van der Waals surface area contributed by atoms with E-state index >= 15 is 0 Å². The van der Waals surface area contributed by atoms with Crippen molar-refractivity contribution < 1.29 is 0 Å². The van der Waals surface area contributed by atoms with Crippen LogP contribution in [0.5, 0.6) is 0 Å². The number of hydrogen-bond donors (Lipinski definition) is 0. The van der Waals surface area contributed by atoms with Gasteiger partial charge in [-0.05, 0) is 5.92 Å². The molecule has 0 saturated heterocycles. The van der Waals surface area contributed by atoms with E-state index in [9.17, 15) is 0 Å². The number of halogens is 1. The average molecular weight is 202 g/mol. The molecule has 1 rings (SSSR count). The first-order valence-electron chi connectivity index (χ1n) is 4.75. The summed E-state index contributed by atoms with van der Waals surface area (Å²) in [7, 11) is 0. The molecule has 0 atom stereocenters. The van der Waals surface area contributed by atoms with Crippen molar-refractivity contribution >= 4 is 11.6 Å². The molecule has 13 heavy (non-hydrogen) atoms. The molecule has 0 radical (unpaired) electrons. The van der Waals surface area contributed by atoms with Crippen molar-refractivity contribution in [2.45, 2.75) is 39.1 Å². The fourth-order valence-corrected chi connectivity index (χ4v) is 1.42. The lowest BCUT2D eigenvalue weighted by atomic mass is 10.0. The van der Waals surface area contributed by atoms with Gasteiger partial charge in [0, 0.05) is 12.7 Å². The summed E-state index contributed by atoms with van der Waals surface area (Å²) in [5.74, 6) is 1.15. The molecule has 0 aliphatic heterocycles. The molecule has 0 spiro atoms. The minimum absolute atomic E-state index is 0.447. The Labute approximate surface area is 84.1 Å². The Hall–Kier alpha value is -0.570. The van der Waals surface area contributed by atoms with Crippen LogP contribution in [0.15, 0.2) is 6.20 Å². The monoisotopic (exact) mass is 201 g/mol. The van der Waals surface area contributed by atoms with Gasteiger partial charge in [-0.3, -0.25) is 4.68 Å². The zero-order valence-electron chi connectivity index (χ0n) is 8.20. The lowest BCUT2D eigenvalue weighted by molar-refractivity contribution is 0.390. The Morgan fingerprint density at radius 2 is 2.15 bits per heavy atom. The highest BCUT2D eigenvalue weighted by molar-refractivity contribution is 6.16. The number of alkyl halides is 1. The van der Waals surface area contributed by atoms with Crippen molar-refractivity contribution in [3.63, 3.8) is 0 Å². The molecule has 0 saturated carbocycles. The highest BCUT2D eigenvalue weighted by atomic mass is 35.5. The third-order valence-corrected chi connectivity index (χ3v) is 2.60. The maximum Gasteiger partial charge on any atom is 0.0974 e. The van der Waals surface area contributed by atoms with Crippen molar-refractivity contribution in [1.82, 2.24) is 15.0 Å². The molecule has 4 heteroatoms. The molecule has 0 aromatic carbocycles. The summed E-state index contributed by atoms with van der Waals surface area (Å²) >= 11 is 5.63. The molecule has 0 bridgehead atoms. The second-order valence-corrected chi connectivity index (χ2v) is 3.52. The molecule has 1 aromatic rings. The van der Waals surface area contributed by atoms with E-state index in [4.69, 9.17) is 11.6 Å². The van der Waals surface area contributed by atoms with E-state index in [0.717, 1.165) is 12.2 Å². The summed E-state index contributed by atoms with van der Waals surface area (Å²) in [5.41, 5.74) is 0.854. The third-order valence-electron chi connectivity index (χ3n) is 2.32. The number of rotatable bonds is 5. The molecule has 3 nitrogen and oxygen atoms in total.